The van der Waals surface area contributed by atoms with Gasteiger partial charge in [0.25, 0.3) is 0 Å². The molecule has 3 heteroatoms. The molecule has 1 atom stereocenters. The molecule has 0 radical (unpaired) electrons. The Labute approximate surface area is 119 Å². The van der Waals surface area contributed by atoms with Crippen LogP contribution in [0.1, 0.15) is 54.4 Å². The molecule has 1 rings (SSSR count). The maximum Gasteiger partial charge on any atom is 0.307 e. The predicted octanol–water partition coefficient (Wildman–Crippen LogP) is 4.16. The van der Waals surface area contributed by atoms with Crippen molar-refractivity contribution < 1.29 is 9.53 Å². The van der Waals surface area contributed by atoms with Crippen LogP contribution in [0.5, 0.6) is 0 Å². The second kappa shape index (κ2) is 6.61. The maximum absolute atomic E-state index is 11.3. The molecule has 0 aromatic heterocycles. The lowest BCUT2D eigenvalue weighted by atomic mass is 10.0. The Hall–Kier alpha value is -0.753. The minimum atomic E-state index is -1.65. The molecule has 2 nitrogen and oxygen atoms in total. The highest BCUT2D eigenvalue weighted by Crippen LogP contribution is 2.40. The molecule has 19 heavy (non-hydrogen) atoms. The highest BCUT2D eigenvalue weighted by molar-refractivity contribution is 6.90. The quantitative estimate of drug-likeness (QED) is 0.441. The van der Waals surface area contributed by atoms with E-state index in [2.05, 4.69) is 53.0 Å². The number of hydrogen-bond acceptors (Lipinski definition) is 2. The van der Waals surface area contributed by atoms with Crippen molar-refractivity contribution in [3.05, 3.63) is 0 Å². The molecule has 1 fully saturated rings. The topological polar surface area (TPSA) is 26.3 Å². The summed E-state index contributed by atoms with van der Waals surface area (Å²) >= 11 is 0. The Balaban J connectivity index is 2.98. The van der Waals surface area contributed by atoms with Gasteiger partial charge < -0.3 is 4.74 Å². The Morgan fingerprint density at radius 3 is 2.05 bits per heavy atom. The Bertz CT molecular complexity index is 352. The first kappa shape index (κ1) is 16.3. The summed E-state index contributed by atoms with van der Waals surface area (Å²) in [6.07, 6.45) is 1.38. The van der Waals surface area contributed by atoms with Crippen LogP contribution < -0.4 is 0 Å². The third kappa shape index (κ3) is 3.63. The van der Waals surface area contributed by atoms with Gasteiger partial charge in [0.15, 0.2) is 0 Å². The first-order valence-corrected chi connectivity index (χ1v) is 9.72. The van der Waals surface area contributed by atoms with Gasteiger partial charge in [0, 0.05) is 5.92 Å². The zero-order valence-corrected chi connectivity index (χ0v) is 14.2. The summed E-state index contributed by atoms with van der Waals surface area (Å²) in [4.78, 5) is 11.3. The van der Waals surface area contributed by atoms with Gasteiger partial charge in [-0.2, -0.15) is 0 Å². The van der Waals surface area contributed by atoms with E-state index in [1.54, 1.807) is 0 Å². The van der Waals surface area contributed by atoms with Gasteiger partial charge in [0.05, 0.1) is 13.0 Å². The number of ether oxygens (including phenoxy) is 1. The highest BCUT2D eigenvalue weighted by atomic mass is 28.3. The number of cyclic esters (lactones) is 1. The van der Waals surface area contributed by atoms with Crippen LogP contribution in [0, 0.1) is 17.4 Å². The zero-order chi connectivity index (χ0) is 14.6. The van der Waals surface area contributed by atoms with Crippen LogP contribution in [0.4, 0.5) is 0 Å². The second-order valence-corrected chi connectivity index (χ2v) is 12.2. The monoisotopic (exact) mass is 280 g/mol. The fourth-order valence-corrected chi connectivity index (χ4v) is 8.78. The SMILES string of the molecule is CC(C)[Si](C#CC1CCOC(=O)C1)(C(C)C)C(C)C. The molecule has 1 heterocycles. The lowest BCUT2D eigenvalue weighted by Crippen LogP contribution is -2.43. The van der Waals surface area contributed by atoms with E-state index < -0.39 is 8.07 Å². The molecule has 108 valence electrons. The smallest absolute Gasteiger partial charge is 0.307 e. The van der Waals surface area contributed by atoms with E-state index in [0.717, 1.165) is 6.42 Å². The van der Waals surface area contributed by atoms with Crippen LogP contribution >= 0.6 is 0 Å². The molecule has 0 bridgehead atoms. The molecule has 0 saturated carbocycles. The lowest BCUT2D eigenvalue weighted by molar-refractivity contribution is -0.148. The zero-order valence-electron chi connectivity index (χ0n) is 13.2. The number of rotatable bonds is 3. The largest absolute Gasteiger partial charge is 0.466 e. The van der Waals surface area contributed by atoms with Crippen molar-refractivity contribution in [2.24, 2.45) is 5.92 Å². The maximum atomic E-state index is 11.3. The molecule has 1 unspecified atom stereocenters. The average molecular weight is 280 g/mol. The number of esters is 1. The van der Waals surface area contributed by atoms with Gasteiger partial charge in [-0.25, -0.2) is 0 Å². The average Bonchev–Trinajstić information content (AvgIpc) is 2.28. The van der Waals surface area contributed by atoms with E-state index in [1.165, 1.54) is 0 Å². The number of hydrogen-bond donors (Lipinski definition) is 0. The normalized spacial score (nSPS) is 20.5. The fraction of sp³-hybridized carbons (Fsp3) is 0.812. The van der Waals surface area contributed by atoms with E-state index >= 15 is 0 Å². The lowest BCUT2D eigenvalue weighted by Gasteiger charge is -2.38. The molecule has 1 saturated heterocycles. The van der Waals surface area contributed by atoms with E-state index in [-0.39, 0.29) is 11.9 Å². The predicted molar refractivity (Wildman–Crippen MR) is 82.5 cm³/mol. The molecule has 0 aromatic carbocycles. The van der Waals surface area contributed by atoms with Gasteiger partial charge in [0.1, 0.15) is 8.07 Å². The van der Waals surface area contributed by atoms with Gasteiger partial charge in [0.2, 0.25) is 0 Å². The van der Waals surface area contributed by atoms with Crippen molar-refractivity contribution in [1.29, 1.82) is 0 Å². The number of carbonyl (C=O) groups is 1. The van der Waals surface area contributed by atoms with E-state index in [0.29, 0.717) is 29.7 Å². The van der Waals surface area contributed by atoms with Crippen molar-refractivity contribution in [2.45, 2.75) is 71.0 Å². The fourth-order valence-electron chi connectivity index (χ4n) is 3.46. The summed E-state index contributed by atoms with van der Waals surface area (Å²) in [6.45, 7) is 14.4. The molecule has 0 spiro atoms. The molecule has 1 aliphatic rings. The summed E-state index contributed by atoms with van der Waals surface area (Å²) in [6, 6.07) is 0. The van der Waals surface area contributed by atoms with E-state index in [1.807, 2.05) is 0 Å². The molecule has 0 amide bonds. The second-order valence-electron chi connectivity index (χ2n) is 6.58. The van der Waals surface area contributed by atoms with Crippen LogP contribution in [0.15, 0.2) is 0 Å². The van der Waals surface area contributed by atoms with E-state index in [9.17, 15) is 4.79 Å². The van der Waals surface area contributed by atoms with Crippen LogP contribution in [-0.4, -0.2) is 20.7 Å². The standard InChI is InChI=1S/C16H28O2Si/c1-12(2)19(13(3)4,14(5)6)10-8-15-7-9-18-16(17)11-15/h12-15H,7,9,11H2,1-6H3. The molecule has 0 aromatic rings. The third-order valence-electron chi connectivity index (χ3n) is 4.50. The van der Waals surface area contributed by atoms with Crippen molar-refractivity contribution in [3.8, 4) is 11.5 Å². The Kier molecular flexibility index (Phi) is 5.67. The summed E-state index contributed by atoms with van der Waals surface area (Å²) in [5.74, 6) is 3.57. The molecular weight excluding hydrogens is 252 g/mol. The van der Waals surface area contributed by atoms with Crippen LogP contribution in [0.3, 0.4) is 0 Å². The van der Waals surface area contributed by atoms with Gasteiger partial charge in [-0.05, 0) is 23.0 Å². The summed E-state index contributed by atoms with van der Waals surface area (Å²) in [7, 11) is -1.65. The van der Waals surface area contributed by atoms with Crippen LogP contribution in [-0.2, 0) is 9.53 Å². The summed E-state index contributed by atoms with van der Waals surface area (Å²) in [5, 5.41) is 0. The number of carbonyl (C=O) groups excluding carboxylic acids is 1. The van der Waals surface area contributed by atoms with Crippen LogP contribution in [0.25, 0.3) is 0 Å². The molecular formula is C16H28O2Si. The van der Waals surface area contributed by atoms with Gasteiger partial charge >= 0.3 is 5.97 Å². The molecule has 1 aliphatic heterocycles. The minimum Gasteiger partial charge on any atom is -0.466 e. The molecule has 0 N–H and O–H groups in total. The van der Waals surface area contributed by atoms with Gasteiger partial charge in [-0.15, -0.1) is 11.5 Å². The minimum absolute atomic E-state index is 0.0866. The van der Waals surface area contributed by atoms with Crippen molar-refractivity contribution in [2.75, 3.05) is 6.61 Å². The van der Waals surface area contributed by atoms with Crippen molar-refractivity contribution >= 4 is 14.0 Å². The third-order valence-corrected chi connectivity index (χ3v) is 10.8. The summed E-state index contributed by atoms with van der Waals surface area (Å²) in [5.41, 5.74) is 5.65. The van der Waals surface area contributed by atoms with Gasteiger partial charge in [-0.3, -0.25) is 4.79 Å². The van der Waals surface area contributed by atoms with Gasteiger partial charge in [-0.1, -0.05) is 41.5 Å². The van der Waals surface area contributed by atoms with Crippen molar-refractivity contribution in [3.63, 3.8) is 0 Å². The van der Waals surface area contributed by atoms with Crippen LogP contribution in [0.2, 0.25) is 16.6 Å². The highest BCUT2D eigenvalue weighted by Gasteiger charge is 2.41. The van der Waals surface area contributed by atoms with E-state index in [4.69, 9.17) is 4.74 Å². The van der Waals surface area contributed by atoms with Crippen molar-refractivity contribution in [1.82, 2.24) is 0 Å². The Morgan fingerprint density at radius 2 is 1.63 bits per heavy atom. The molecule has 0 aliphatic carbocycles. The first-order chi connectivity index (χ1) is 8.80. The summed E-state index contributed by atoms with van der Waals surface area (Å²) < 4.78 is 4.99. The first-order valence-electron chi connectivity index (χ1n) is 7.49. The Morgan fingerprint density at radius 1 is 1.11 bits per heavy atom.